The van der Waals surface area contributed by atoms with E-state index in [1.807, 2.05) is 19.3 Å². The summed E-state index contributed by atoms with van der Waals surface area (Å²) in [6.45, 7) is 9.62. The van der Waals surface area contributed by atoms with E-state index in [0.717, 1.165) is 38.4 Å². The second-order valence-electron chi connectivity index (χ2n) is 8.08. The van der Waals surface area contributed by atoms with E-state index < -0.39 is 0 Å². The van der Waals surface area contributed by atoms with Crippen LogP contribution in [0, 0.1) is 5.92 Å². The van der Waals surface area contributed by atoms with Crippen LogP contribution in [0.1, 0.15) is 52.4 Å². The van der Waals surface area contributed by atoms with Gasteiger partial charge in [-0.25, -0.2) is 0 Å². The summed E-state index contributed by atoms with van der Waals surface area (Å²) < 4.78 is 1.77. The molecular formula is C22H39N5O. The highest BCUT2D eigenvalue weighted by Gasteiger charge is 2.22. The van der Waals surface area contributed by atoms with E-state index in [1.165, 1.54) is 38.8 Å². The summed E-state index contributed by atoms with van der Waals surface area (Å²) in [7, 11) is 1.83. The number of aromatic nitrogens is 1. The van der Waals surface area contributed by atoms with Crippen LogP contribution in [0.5, 0.6) is 0 Å². The first-order valence-corrected chi connectivity index (χ1v) is 11.0. The molecule has 0 saturated carbocycles. The zero-order valence-corrected chi connectivity index (χ0v) is 18.0. The second-order valence-corrected chi connectivity index (χ2v) is 8.08. The number of unbranched alkanes of at least 4 members (excludes halogenated alkanes) is 1. The van der Waals surface area contributed by atoms with Gasteiger partial charge in [0.1, 0.15) is 0 Å². The lowest BCUT2D eigenvalue weighted by atomic mass is 10.0. The zero-order valence-electron chi connectivity index (χ0n) is 18.0. The van der Waals surface area contributed by atoms with Gasteiger partial charge in [0.2, 0.25) is 5.56 Å². The van der Waals surface area contributed by atoms with Crippen molar-refractivity contribution in [2.75, 3.05) is 33.2 Å². The normalized spacial score (nSPS) is 17.4. The fourth-order valence-electron chi connectivity index (χ4n) is 3.89. The lowest BCUT2D eigenvalue weighted by Gasteiger charge is -2.34. The Morgan fingerprint density at radius 3 is 2.50 bits per heavy atom. The summed E-state index contributed by atoms with van der Waals surface area (Å²) in [5.41, 5.74) is 0.0705. The minimum atomic E-state index is 0.0705. The first-order chi connectivity index (χ1) is 13.6. The molecule has 1 aliphatic heterocycles. The van der Waals surface area contributed by atoms with Crippen molar-refractivity contribution in [3.63, 3.8) is 0 Å². The van der Waals surface area contributed by atoms with Gasteiger partial charge in [0.15, 0.2) is 5.96 Å². The fourth-order valence-corrected chi connectivity index (χ4v) is 3.89. The molecule has 1 fully saturated rings. The molecule has 1 atom stereocenters. The van der Waals surface area contributed by atoms with Crippen LogP contribution in [0.15, 0.2) is 34.2 Å². The fraction of sp³-hybridized carbons (Fsp3) is 0.727. The SMILES string of the molecule is CN=C(NCCCCn1ccccc1=O)NCC(C(C)C)N1CCCCCC1. The number of hydrogen-bond donors (Lipinski definition) is 2. The predicted molar refractivity (Wildman–Crippen MR) is 118 cm³/mol. The third-order valence-electron chi connectivity index (χ3n) is 5.60. The Balaban J connectivity index is 1.70. The summed E-state index contributed by atoms with van der Waals surface area (Å²) in [6.07, 6.45) is 9.20. The van der Waals surface area contributed by atoms with Crippen LogP contribution in [0.2, 0.25) is 0 Å². The number of rotatable bonds is 9. The van der Waals surface area contributed by atoms with Crippen LogP contribution >= 0.6 is 0 Å². The zero-order chi connectivity index (χ0) is 20.2. The lowest BCUT2D eigenvalue weighted by molar-refractivity contribution is 0.161. The molecule has 28 heavy (non-hydrogen) atoms. The van der Waals surface area contributed by atoms with Crippen LogP contribution < -0.4 is 16.2 Å². The van der Waals surface area contributed by atoms with Gasteiger partial charge in [0, 0.05) is 45.0 Å². The first kappa shape index (κ1) is 22.5. The van der Waals surface area contributed by atoms with Crippen molar-refractivity contribution in [2.24, 2.45) is 10.9 Å². The highest BCUT2D eigenvalue weighted by atomic mass is 16.1. The van der Waals surface area contributed by atoms with E-state index in [-0.39, 0.29) is 5.56 Å². The molecule has 158 valence electrons. The first-order valence-electron chi connectivity index (χ1n) is 11.0. The van der Waals surface area contributed by atoms with Gasteiger partial charge in [-0.3, -0.25) is 14.7 Å². The molecule has 1 aromatic heterocycles. The Hall–Kier alpha value is -1.82. The van der Waals surface area contributed by atoms with E-state index >= 15 is 0 Å². The molecular weight excluding hydrogens is 350 g/mol. The van der Waals surface area contributed by atoms with Crippen molar-refractivity contribution in [3.05, 3.63) is 34.7 Å². The summed E-state index contributed by atoms with van der Waals surface area (Å²) in [4.78, 5) is 18.7. The van der Waals surface area contributed by atoms with Crippen molar-refractivity contribution < 1.29 is 0 Å². The molecule has 0 bridgehead atoms. The van der Waals surface area contributed by atoms with Crippen LogP contribution in [0.3, 0.4) is 0 Å². The summed E-state index contributed by atoms with van der Waals surface area (Å²) >= 11 is 0. The number of guanidine groups is 1. The van der Waals surface area contributed by atoms with E-state index in [2.05, 4.69) is 34.4 Å². The van der Waals surface area contributed by atoms with Gasteiger partial charge in [-0.05, 0) is 50.8 Å². The molecule has 2 N–H and O–H groups in total. The van der Waals surface area contributed by atoms with E-state index in [9.17, 15) is 4.79 Å². The van der Waals surface area contributed by atoms with Crippen molar-refractivity contribution in [1.29, 1.82) is 0 Å². The third kappa shape index (κ3) is 7.66. The van der Waals surface area contributed by atoms with Gasteiger partial charge in [0.25, 0.3) is 0 Å². The van der Waals surface area contributed by atoms with E-state index in [0.29, 0.717) is 12.0 Å². The molecule has 1 unspecified atom stereocenters. The maximum Gasteiger partial charge on any atom is 0.250 e. The number of nitrogens with zero attached hydrogens (tertiary/aromatic N) is 3. The second kappa shape index (κ2) is 12.6. The molecule has 2 heterocycles. The monoisotopic (exact) mass is 389 g/mol. The topological polar surface area (TPSA) is 61.7 Å². The number of aliphatic imine (C=N–C) groups is 1. The Labute approximate surface area is 170 Å². The number of aryl methyl sites for hydroxylation is 1. The Morgan fingerprint density at radius 2 is 1.86 bits per heavy atom. The molecule has 1 aliphatic rings. The van der Waals surface area contributed by atoms with Gasteiger partial charge in [-0.15, -0.1) is 0 Å². The minimum Gasteiger partial charge on any atom is -0.356 e. The van der Waals surface area contributed by atoms with Gasteiger partial charge in [-0.1, -0.05) is 32.8 Å². The molecule has 0 aliphatic carbocycles. The summed E-state index contributed by atoms with van der Waals surface area (Å²) in [5, 5.41) is 6.94. The number of hydrogen-bond acceptors (Lipinski definition) is 3. The van der Waals surface area contributed by atoms with Gasteiger partial charge in [0.05, 0.1) is 0 Å². The highest BCUT2D eigenvalue weighted by Crippen LogP contribution is 2.17. The summed E-state index contributed by atoms with van der Waals surface area (Å²) in [5.74, 6) is 1.49. The van der Waals surface area contributed by atoms with Crippen LogP contribution in [-0.2, 0) is 6.54 Å². The molecule has 6 nitrogen and oxygen atoms in total. The van der Waals surface area contributed by atoms with Crippen molar-refractivity contribution >= 4 is 5.96 Å². The summed E-state index contributed by atoms with van der Waals surface area (Å²) in [6, 6.07) is 5.84. The van der Waals surface area contributed by atoms with Gasteiger partial charge >= 0.3 is 0 Å². The molecule has 0 spiro atoms. The van der Waals surface area contributed by atoms with E-state index in [1.54, 1.807) is 16.7 Å². The highest BCUT2D eigenvalue weighted by molar-refractivity contribution is 5.79. The quantitative estimate of drug-likeness (QED) is 0.387. The number of nitrogens with one attached hydrogen (secondary N) is 2. The third-order valence-corrected chi connectivity index (χ3v) is 5.60. The van der Waals surface area contributed by atoms with Crippen molar-refractivity contribution in [3.8, 4) is 0 Å². The average Bonchev–Trinajstić information content (AvgIpc) is 2.96. The van der Waals surface area contributed by atoms with E-state index in [4.69, 9.17) is 0 Å². The van der Waals surface area contributed by atoms with Gasteiger partial charge < -0.3 is 15.2 Å². The number of pyridine rings is 1. The maximum absolute atomic E-state index is 11.7. The number of likely N-dealkylation sites (tertiary alicyclic amines) is 1. The Bertz CT molecular complexity index is 632. The Morgan fingerprint density at radius 1 is 1.11 bits per heavy atom. The van der Waals surface area contributed by atoms with Crippen molar-refractivity contribution in [1.82, 2.24) is 20.1 Å². The van der Waals surface area contributed by atoms with Crippen molar-refractivity contribution in [2.45, 2.75) is 65.0 Å². The van der Waals surface area contributed by atoms with Crippen LogP contribution in [-0.4, -0.2) is 54.7 Å². The minimum absolute atomic E-state index is 0.0705. The van der Waals surface area contributed by atoms with Gasteiger partial charge in [-0.2, -0.15) is 0 Å². The Kier molecular flexibility index (Phi) is 10.1. The molecule has 1 saturated heterocycles. The molecule has 0 aromatic carbocycles. The smallest absolute Gasteiger partial charge is 0.250 e. The molecule has 0 amide bonds. The molecule has 1 aromatic rings. The van der Waals surface area contributed by atoms with Crippen LogP contribution in [0.25, 0.3) is 0 Å². The average molecular weight is 390 g/mol. The molecule has 0 radical (unpaired) electrons. The molecule has 2 rings (SSSR count). The van der Waals surface area contributed by atoms with Crippen LogP contribution in [0.4, 0.5) is 0 Å². The standard InChI is InChI=1S/C22H39N5O/c1-19(2)20(26-14-8-4-5-9-15-26)18-25-22(23-3)24-13-7-11-17-27-16-10-6-12-21(27)28/h6,10,12,16,19-20H,4-5,7-9,11,13-15,17-18H2,1-3H3,(H2,23,24,25). The maximum atomic E-state index is 11.7. The lowest BCUT2D eigenvalue weighted by Crippen LogP contribution is -2.49. The largest absolute Gasteiger partial charge is 0.356 e. The predicted octanol–water partition coefficient (Wildman–Crippen LogP) is 2.69. The molecule has 6 heteroatoms.